The second-order valence-corrected chi connectivity index (χ2v) is 34.6. The summed E-state index contributed by atoms with van der Waals surface area (Å²) in [6.45, 7) is -7.18. The van der Waals surface area contributed by atoms with Crippen molar-refractivity contribution in [1.29, 1.82) is 0 Å². The van der Waals surface area contributed by atoms with Gasteiger partial charge >= 0.3 is 0 Å². The number of fused-ring (bicyclic) bond motifs is 4. The van der Waals surface area contributed by atoms with Gasteiger partial charge in [0.15, 0.2) is 88.6 Å². The highest BCUT2D eigenvalue weighted by Crippen LogP contribution is 2.50. The Bertz CT molecular complexity index is 9180. The van der Waals surface area contributed by atoms with Gasteiger partial charge in [-0.1, -0.05) is 144 Å². The second-order valence-electron chi connectivity index (χ2n) is 31.1. The normalized spacial score (nSPS) is 46.9. The summed E-state index contributed by atoms with van der Waals surface area (Å²) < 4.78 is 481. The monoisotopic (exact) mass is 2120 g/mol. The Hall–Kier alpha value is -9.52. The number of nitrogens with zero attached hydrogens (tertiary/aromatic N) is 20. The Morgan fingerprint density at radius 3 is 0.847 bits per heavy atom. The fourth-order valence-corrected chi connectivity index (χ4v) is 16.0. The van der Waals surface area contributed by atoms with Gasteiger partial charge in [-0.25, -0.2) is 76.2 Å². The minimum absolute atomic E-state index is 0.0383. The molecule has 48 heteroatoms. The summed E-state index contributed by atoms with van der Waals surface area (Å²) in [5.74, 6) is -11.0. The van der Waals surface area contributed by atoms with Gasteiger partial charge in [0.2, 0.25) is 0 Å². The van der Waals surface area contributed by atoms with Crippen molar-refractivity contribution < 1.29 is 164 Å². The van der Waals surface area contributed by atoms with Crippen molar-refractivity contribution in [1.82, 2.24) is 99.8 Å². The van der Waals surface area contributed by atoms with Gasteiger partial charge in [0.05, 0.1) is 139 Å². The lowest BCUT2D eigenvalue weighted by atomic mass is 10.1. The molecule has 8 aliphatic rings. The van der Waals surface area contributed by atoms with Crippen molar-refractivity contribution in [2.24, 2.45) is 0 Å². The lowest BCUT2D eigenvalue weighted by Crippen LogP contribution is -2.33. The molecule has 8 heterocycles. The number of rotatable bonds is 40. The number of benzene rings is 4. The minimum Gasteiger partial charge on any atom is -0.394 e. The predicted molar refractivity (Wildman–Crippen MR) is 530 cm³/mol. The number of ether oxygens (including phenoxy) is 4. The maximum atomic E-state index is 14.4. The standard InChI is InChI=1S/4C24H31FN6O4S/c4*1-3-8-36-24-27-22(26-16-10-14(16)13-5-4-12(2)15(25)9-13)19-23(28-24)31(30-29-19)17-11-18(35-7-6-32)21(34)20(17)33/h4*4-5,9,14,16-18,20-21,32-34H,3,6-8,10-11H2,1-2H3,(H,26,27,28)/t4*14-,16+,17+,18-,20-,21+/m0000/s1/i6D2,7D2,8D2,11D2,14D,16D,17D,18D,20D,21D;7D2,8D2,11D2,14D,16D,17D,18D,20D,21D;6D2,8D2,11D2,14D,16D,17D,18D,20D,21D;8D2,11D2,14D,16D,17D,18D,20D,21D. The van der Waals surface area contributed by atoms with Crippen LogP contribution in [0, 0.1) is 51.0 Å². The number of anilines is 4. The van der Waals surface area contributed by atoms with Crippen LogP contribution in [0.25, 0.3) is 44.7 Å². The zero-order chi connectivity index (χ0) is 145. The number of halogens is 4. The van der Waals surface area contributed by atoms with Crippen LogP contribution in [0.1, 0.15) is 263 Å². The molecule has 4 aromatic carbocycles. The molecule has 8 fully saturated rings. The number of thioether (sulfide) groups is 4. The maximum Gasteiger partial charge on any atom is 0.191 e. The quantitative estimate of drug-likeness (QED) is 0.00969. The number of aromatic nitrogens is 20. The van der Waals surface area contributed by atoms with E-state index in [4.69, 9.17) is 80.0 Å². The Labute approximate surface area is 911 Å². The van der Waals surface area contributed by atoms with Crippen molar-refractivity contribution in [3.8, 4) is 0 Å². The number of nitrogens with one attached hydrogen (secondary N) is 4. The van der Waals surface area contributed by atoms with Crippen molar-refractivity contribution in [3.63, 3.8) is 0 Å². The first-order valence-electron chi connectivity index (χ1n) is 67.4. The zero-order valence-corrected chi connectivity index (χ0v) is 79.8. The zero-order valence-electron chi connectivity index (χ0n) is 125. The Balaban J connectivity index is 0.000000167. The van der Waals surface area contributed by atoms with E-state index in [0.29, 0.717) is 69.3 Å². The van der Waals surface area contributed by atoms with Gasteiger partial charge < -0.3 is 101 Å². The van der Waals surface area contributed by atoms with Crippen LogP contribution in [0.4, 0.5) is 40.8 Å². The molecular weight excluding hydrogens is 1950 g/mol. The van der Waals surface area contributed by atoms with Gasteiger partial charge in [0.25, 0.3) is 0 Å². The van der Waals surface area contributed by atoms with E-state index in [2.05, 4.69) is 107 Å². The second kappa shape index (κ2) is 47.3. The van der Waals surface area contributed by atoms with Gasteiger partial charge in [-0.05, 0) is 148 Å². The molecule has 0 spiro atoms. The SMILES string of the molecule is [2H]C([2H])(CC)Sc1nc(N[C@]2([2H])C[C@@]2([2H])c2ccc(C)c(F)c2)c2nnn([C@]3([2H])C([2H])([2H])[C@]([2H])(OC([2H])([2H])C([2H])([2H])O)[C@@]([2H])(O)[C@@]3([2H])O)c2n1.[2H]C([2H])(CC)Sc1nc(N[C@]2([2H])C[C@@]2([2H])c2ccc(C)c(F)c2)c2nnn([C@]3([2H])C([2H])([2H])[C@]([2H])(OCCO)[C@@]([2H])(O)[C@@]3([2H])O)c2n1.[2H]C([2H])(CO)O[C@@]1([2H])C([2H])([2H])[C@@]([2H])(n2nnc3c(N[C@]4([2H])C[C@@]4([2H])c4ccc(C)c(F)c4)nc(SC([2H])([2H])CC)nc32)[C@]([2H])(O)[C@]1([2H])O.[2H]C([2H])(O)CO[C@@]1([2H])C([2H])([2H])[C@@]([2H])(n2nnc3c(N[C@]4([2H])C[C@@]4([2H])c4ccc(C)c(F)c4)nc(SC([2H])([2H])CC)nc32)[C@]([2H])(O)[C@]1([2H])O. The molecule has 20 rings (SSSR count). The molecule has 144 heavy (non-hydrogen) atoms. The molecular formula is C96H124F4N24O16S4. The van der Waals surface area contributed by atoms with E-state index in [-0.39, 0.29) is 103 Å². The van der Waals surface area contributed by atoms with E-state index >= 15 is 0 Å². The molecule has 8 saturated carbocycles. The van der Waals surface area contributed by atoms with Gasteiger partial charge in [0, 0.05) is 123 Å². The summed E-state index contributed by atoms with van der Waals surface area (Å²) >= 11 is 1.77. The number of aryl methyl sites for hydroxylation is 4. The highest BCUT2D eigenvalue weighted by Gasteiger charge is 2.51. The van der Waals surface area contributed by atoms with E-state index < -0.39 is 347 Å². The average molecular weight is 2120 g/mol. The topological polar surface area (TPSA) is 554 Å². The summed E-state index contributed by atoms with van der Waals surface area (Å²) in [6.07, 6.45) is -65.3. The van der Waals surface area contributed by atoms with Crippen LogP contribution in [-0.4, -0.2) is 334 Å². The molecule has 12 aromatic rings. The van der Waals surface area contributed by atoms with Crippen LogP contribution in [0.15, 0.2) is 93.4 Å². The van der Waals surface area contributed by atoms with Crippen molar-refractivity contribution in [3.05, 3.63) is 141 Å². The first-order chi connectivity index (χ1) is 86.7. The van der Waals surface area contributed by atoms with Crippen molar-refractivity contribution in [2.45, 2.75) is 298 Å². The van der Waals surface area contributed by atoms with E-state index in [9.17, 15) is 78.8 Å². The predicted octanol–water partition coefficient (Wildman–Crippen LogP) is 8.73. The molecule has 0 unspecified atom stereocenters. The minimum atomic E-state index is -4.36. The van der Waals surface area contributed by atoms with E-state index in [0.717, 1.165) is 24.3 Å². The third-order valence-electron chi connectivity index (χ3n) is 21.4. The first-order valence-corrected chi connectivity index (χ1v) is 46.7. The molecule has 8 aromatic heterocycles. The summed E-state index contributed by atoms with van der Waals surface area (Å²) in [6, 6.07) is -6.65. The molecule has 0 aliphatic heterocycles. The molecule has 8 aliphatic carbocycles. The maximum absolute atomic E-state index is 14.4. The van der Waals surface area contributed by atoms with Crippen LogP contribution in [0.3, 0.4) is 0 Å². The summed E-state index contributed by atoms with van der Waals surface area (Å²) in [7, 11) is 0. The van der Waals surface area contributed by atoms with Crippen LogP contribution in [0.2, 0.25) is 0 Å². The molecule has 0 saturated heterocycles. The Morgan fingerprint density at radius 1 is 0.354 bits per heavy atom. The van der Waals surface area contributed by atoms with E-state index in [1.807, 2.05) is 0 Å². The summed E-state index contributed by atoms with van der Waals surface area (Å²) in [5, 5.41) is 166. The van der Waals surface area contributed by atoms with Crippen LogP contribution in [-0.2, 0) is 18.9 Å². The third kappa shape index (κ3) is 23.8. The fraction of sp³-hybridized carbons (Fsp3) is 0.583. The number of hydrogen-bond acceptors (Lipinski definition) is 40. The molecule has 0 amide bonds. The summed E-state index contributed by atoms with van der Waals surface area (Å²) in [5.41, 5.74) is -11.0. The van der Waals surface area contributed by atoms with Crippen molar-refractivity contribution in [2.75, 3.05) is 96.8 Å². The molecule has 0 radical (unpaired) electrons. The lowest BCUT2D eigenvalue weighted by Gasteiger charge is -2.17. The van der Waals surface area contributed by atoms with Gasteiger partial charge in [0.1, 0.15) is 71.9 Å². The highest BCUT2D eigenvalue weighted by atomic mass is 32.2. The third-order valence-corrected chi connectivity index (χ3v) is 24.6. The number of hydrogen-bond donors (Lipinski definition) is 16. The Morgan fingerprint density at radius 2 is 0.611 bits per heavy atom. The van der Waals surface area contributed by atoms with Crippen LogP contribution < -0.4 is 21.3 Å². The largest absolute Gasteiger partial charge is 0.394 e. The molecule has 0 bridgehead atoms. The van der Waals surface area contributed by atoms with Crippen LogP contribution in [0.5, 0.6) is 0 Å². The molecule has 40 nitrogen and oxygen atoms in total. The molecule has 776 valence electrons. The smallest absolute Gasteiger partial charge is 0.191 e. The van der Waals surface area contributed by atoms with Crippen molar-refractivity contribution >= 4 is 115 Å². The number of aliphatic hydroxyl groups is 12. The number of aliphatic hydroxyl groups excluding tert-OH is 2. The van der Waals surface area contributed by atoms with E-state index in [1.165, 1.54) is 97.0 Å². The average Bonchev–Trinajstić information content (AvgIpc) is 1.48. The lowest BCUT2D eigenvalue weighted by molar-refractivity contribution is -0.0629. The van der Waals surface area contributed by atoms with Crippen LogP contribution >= 0.6 is 47.0 Å². The van der Waals surface area contributed by atoms with Gasteiger partial charge in [-0.15, -0.1) is 20.4 Å². The van der Waals surface area contributed by atoms with Gasteiger partial charge in [-0.2, -0.15) is 0 Å². The Kier molecular flexibility index (Phi) is 20.0. The highest BCUT2D eigenvalue weighted by molar-refractivity contribution is 7.99. The van der Waals surface area contributed by atoms with Gasteiger partial charge in [-0.3, -0.25) is 0 Å². The molecule has 24 atom stereocenters. The summed E-state index contributed by atoms with van der Waals surface area (Å²) in [4.78, 5) is 33.4. The van der Waals surface area contributed by atoms with E-state index in [1.54, 1.807) is 6.92 Å². The first kappa shape index (κ1) is 60.8. The molecule has 16 N–H and O–H groups in total. The fourth-order valence-electron chi connectivity index (χ4n) is 13.8.